The molecule has 2 N–H and O–H groups in total. The molecule has 1 saturated heterocycles. The number of anilines is 1. The molecule has 1 aliphatic rings. The van der Waals surface area contributed by atoms with Crippen molar-refractivity contribution < 1.29 is 14.3 Å². The van der Waals surface area contributed by atoms with Crippen LogP contribution in [0.5, 0.6) is 5.75 Å². The van der Waals surface area contributed by atoms with Crippen LogP contribution < -0.4 is 15.4 Å². The number of morpholine rings is 1. The molecule has 6 heteroatoms. The summed E-state index contributed by atoms with van der Waals surface area (Å²) in [6, 6.07) is 16.0. The number of ether oxygens (including phenoxy) is 2. The number of benzene rings is 2. The molecule has 1 fully saturated rings. The second-order valence-electron chi connectivity index (χ2n) is 6.91. The molecular weight excluding hydrogens is 354 g/mol. The lowest BCUT2D eigenvalue weighted by Gasteiger charge is -2.27. The second kappa shape index (κ2) is 10.7. The first-order valence-electron chi connectivity index (χ1n) is 9.79. The maximum absolute atomic E-state index is 12.1. The highest BCUT2D eigenvalue weighted by Gasteiger charge is 2.13. The van der Waals surface area contributed by atoms with Crippen LogP contribution in [0, 0.1) is 6.92 Å². The van der Waals surface area contributed by atoms with E-state index in [1.807, 2.05) is 49.4 Å². The van der Waals surface area contributed by atoms with E-state index < -0.39 is 0 Å². The van der Waals surface area contributed by atoms with Crippen molar-refractivity contribution in [2.24, 2.45) is 0 Å². The molecule has 0 aliphatic carbocycles. The van der Waals surface area contributed by atoms with Gasteiger partial charge in [-0.25, -0.2) is 0 Å². The van der Waals surface area contributed by atoms with Crippen LogP contribution >= 0.6 is 0 Å². The molecule has 0 atom stereocenters. The summed E-state index contributed by atoms with van der Waals surface area (Å²) in [7, 11) is 0. The predicted molar refractivity (Wildman–Crippen MR) is 111 cm³/mol. The number of amides is 1. The molecular formula is C22H29N3O3. The van der Waals surface area contributed by atoms with Crippen LogP contribution in [0.4, 0.5) is 5.69 Å². The Hall–Kier alpha value is -2.57. The van der Waals surface area contributed by atoms with Gasteiger partial charge in [0.1, 0.15) is 12.4 Å². The summed E-state index contributed by atoms with van der Waals surface area (Å²) in [4.78, 5) is 14.5. The Balaban J connectivity index is 1.39. The van der Waals surface area contributed by atoms with E-state index in [9.17, 15) is 4.79 Å². The van der Waals surface area contributed by atoms with Crippen LogP contribution in [0.2, 0.25) is 0 Å². The minimum atomic E-state index is -0.0472. The van der Waals surface area contributed by atoms with E-state index in [2.05, 4.69) is 21.6 Å². The normalized spacial score (nSPS) is 14.5. The molecule has 0 unspecified atom stereocenters. The number of rotatable bonds is 9. The minimum absolute atomic E-state index is 0.0472. The SMILES string of the molecule is Cc1cccc(OCCNC(=O)CNc2ccccc2CN2CCOCC2)c1. The van der Waals surface area contributed by atoms with Crippen LogP contribution in [-0.4, -0.2) is 56.8 Å². The smallest absolute Gasteiger partial charge is 0.239 e. The van der Waals surface area contributed by atoms with Crippen LogP contribution in [0.1, 0.15) is 11.1 Å². The number of nitrogens with one attached hydrogen (secondary N) is 2. The summed E-state index contributed by atoms with van der Waals surface area (Å²) < 4.78 is 11.1. The van der Waals surface area contributed by atoms with Crippen LogP contribution in [0.25, 0.3) is 0 Å². The maximum Gasteiger partial charge on any atom is 0.239 e. The summed E-state index contributed by atoms with van der Waals surface area (Å²) in [5.41, 5.74) is 3.35. The molecule has 0 radical (unpaired) electrons. The highest BCUT2D eigenvalue weighted by Crippen LogP contribution is 2.17. The van der Waals surface area contributed by atoms with Gasteiger partial charge in [-0.1, -0.05) is 30.3 Å². The number of carbonyl (C=O) groups excluding carboxylic acids is 1. The molecule has 1 heterocycles. The van der Waals surface area contributed by atoms with Gasteiger partial charge in [-0.05, 0) is 36.2 Å². The van der Waals surface area contributed by atoms with Crippen molar-refractivity contribution in [3.05, 3.63) is 59.7 Å². The number of aryl methyl sites for hydroxylation is 1. The second-order valence-corrected chi connectivity index (χ2v) is 6.91. The Bertz CT molecular complexity index is 760. The molecule has 2 aromatic rings. The average Bonchev–Trinajstić information content (AvgIpc) is 2.71. The van der Waals surface area contributed by atoms with Crippen molar-refractivity contribution in [3.8, 4) is 5.75 Å². The first-order chi connectivity index (χ1) is 13.7. The number of hydrogen-bond acceptors (Lipinski definition) is 5. The van der Waals surface area contributed by atoms with E-state index in [4.69, 9.17) is 9.47 Å². The molecule has 28 heavy (non-hydrogen) atoms. The van der Waals surface area contributed by atoms with Crippen molar-refractivity contribution in [1.29, 1.82) is 0 Å². The standard InChI is InChI=1S/C22H29N3O3/c1-18-5-4-7-20(15-18)28-12-9-23-22(26)16-24-21-8-3-2-6-19(21)17-25-10-13-27-14-11-25/h2-8,15,24H,9-14,16-17H2,1H3,(H,23,26). The lowest BCUT2D eigenvalue weighted by molar-refractivity contribution is -0.119. The van der Waals surface area contributed by atoms with Gasteiger partial charge in [0.15, 0.2) is 0 Å². The minimum Gasteiger partial charge on any atom is -0.492 e. The molecule has 0 spiro atoms. The van der Waals surface area contributed by atoms with Crippen LogP contribution in [-0.2, 0) is 16.1 Å². The molecule has 0 saturated carbocycles. The number of carbonyl (C=O) groups is 1. The van der Waals surface area contributed by atoms with E-state index in [-0.39, 0.29) is 12.5 Å². The average molecular weight is 383 g/mol. The Morgan fingerprint density at radius 3 is 2.79 bits per heavy atom. The van der Waals surface area contributed by atoms with Crippen molar-refractivity contribution in [2.75, 3.05) is 51.3 Å². The fourth-order valence-electron chi connectivity index (χ4n) is 3.13. The highest BCUT2D eigenvalue weighted by atomic mass is 16.5. The number of nitrogens with zero attached hydrogens (tertiary/aromatic N) is 1. The van der Waals surface area contributed by atoms with Crippen molar-refractivity contribution >= 4 is 11.6 Å². The van der Waals surface area contributed by atoms with E-state index in [1.54, 1.807) is 0 Å². The zero-order valence-corrected chi connectivity index (χ0v) is 16.4. The Morgan fingerprint density at radius 1 is 1.14 bits per heavy atom. The Kier molecular flexibility index (Phi) is 7.70. The summed E-state index contributed by atoms with van der Waals surface area (Å²) in [5.74, 6) is 0.776. The van der Waals surface area contributed by atoms with Crippen LogP contribution in [0.15, 0.2) is 48.5 Å². The third kappa shape index (κ3) is 6.55. The first kappa shape index (κ1) is 20.2. The van der Waals surface area contributed by atoms with Gasteiger partial charge in [-0.15, -0.1) is 0 Å². The molecule has 1 amide bonds. The van der Waals surface area contributed by atoms with E-state index in [0.29, 0.717) is 13.2 Å². The Labute approximate surface area is 166 Å². The van der Waals surface area contributed by atoms with Gasteiger partial charge in [0, 0.05) is 25.3 Å². The lowest BCUT2D eigenvalue weighted by atomic mass is 10.1. The highest BCUT2D eigenvalue weighted by molar-refractivity contribution is 5.80. The van der Waals surface area contributed by atoms with Gasteiger partial charge < -0.3 is 20.1 Å². The molecule has 6 nitrogen and oxygen atoms in total. The number of para-hydroxylation sites is 1. The van der Waals surface area contributed by atoms with Crippen molar-refractivity contribution in [2.45, 2.75) is 13.5 Å². The summed E-state index contributed by atoms with van der Waals surface area (Å²) in [6.45, 7) is 7.49. The van der Waals surface area contributed by atoms with Gasteiger partial charge in [0.2, 0.25) is 5.91 Å². The fraction of sp³-hybridized carbons (Fsp3) is 0.409. The predicted octanol–water partition coefficient (Wildman–Crippen LogP) is 2.43. The van der Waals surface area contributed by atoms with Crippen molar-refractivity contribution in [3.63, 3.8) is 0 Å². The van der Waals surface area contributed by atoms with Crippen molar-refractivity contribution in [1.82, 2.24) is 10.2 Å². The number of hydrogen-bond donors (Lipinski definition) is 2. The molecule has 3 rings (SSSR count). The topological polar surface area (TPSA) is 62.8 Å². The maximum atomic E-state index is 12.1. The van der Waals surface area contributed by atoms with E-state index in [1.165, 1.54) is 5.56 Å². The zero-order valence-electron chi connectivity index (χ0n) is 16.4. The molecule has 1 aliphatic heterocycles. The lowest BCUT2D eigenvalue weighted by Crippen LogP contribution is -2.36. The summed E-state index contributed by atoms with van der Waals surface area (Å²) >= 11 is 0. The first-order valence-corrected chi connectivity index (χ1v) is 9.79. The molecule has 0 bridgehead atoms. The van der Waals surface area contributed by atoms with Gasteiger partial charge in [0.05, 0.1) is 26.3 Å². The van der Waals surface area contributed by atoms with Gasteiger partial charge in [-0.2, -0.15) is 0 Å². The monoisotopic (exact) mass is 383 g/mol. The molecule has 2 aromatic carbocycles. The zero-order chi connectivity index (χ0) is 19.6. The quantitative estimate of drug-likeness (QED) is 0.651. The summed E-state index contributed by atoms with van der Waals surface area (Å²) in [6.07, 6.45) is 0. The fourth-order valence-corrected chi connectivity index (χ4v) is 3.13. The third-order valence-electron chi connectivity index (χ3n) is 4.64. The van der Waals surface area contributed by atoms with E-state index >= 15 is 0 Å². The van der Waals surface area contributed by atoms with Gasteiger partial charge in [0.25, 0.3) is 0 Å². The Morgan fingerprint density at radius 2 is 1.96 bits per heavy atom. The van der Waals surface area contributed by atoms with E-state index in [0.717, 1.165) is 49.8 Å². The van der Waals surface area contributed by atoms with Gasteiger partial charge in [-0.3, -0.25) is 9.69 Å². The third-order valence-corrected chi connectivity index (χ3v) is 4.64. The summed E-state index contributed by atoms with van der Waals surface area (Å²) in [5, 5.41) is 6.14. The largest absolute Gasteiger partial charge is 0.492 e. The molecule has 150 valence electrons. The van der Waals surface area contributed by atoms with Crippen LogP contribution in [0.3, 0.4) is 0 Å². The van der Waals surface area contributed by atoms with Gasteiger partial charge >= 0.3 is 0 Å². The molecule has 0 aromatic heterocycles.